The quantitative estimate of drug-likeness (QED) is 0.542. The number of ether oxygens (including phenoxy) is 1. The maximum Gasteiger partial charge on any atom is 0.0469 e. The van der Waals surface area contributed by atoms with Crippen molar-refractivity contribution in [3.05, 3.63) is 29.8 Å². The van der Waals surface area contributed by atoms with Gasteiger partial charge in [-0.15, -0.1) is 12.4 Å². The highest BCUT2D eigenvalue weighted by molar-refractivity contribution is 5.85. The van der Waals surface area contributed by atoms with Crippen molar-refractivity contribution in [3.8, 4) is 0 Å². The van der Waals surface area contributed by atoms with Gasteiger partial charge in [0.1, 0.15) is 0 Å². The Bertz CT molecular complexity index is 666. The molecule has 0 radical (unpaired) electrons. The minimum Gasteiger partial charge on any atom is -0.381 e. The second kappa shape index (κ2) is 10.9. The zero-order valence-corrected chi connectivity index (χ0v) is 20.2. The van der Waals surface area contributed by atoms with E-state index in [-0.39, 0.29) is 12.4 Å². The lowest BCUT2D eigenvalue weighted by molar-refractivity contribution is 0.0517. The number of para-hydroxylation sites is 1. The molecule has 2 aliphatic heterocycles. The molecule has 2 saturated carbocycles. The van der Waals surface area contributed by atoms with Crippen LogP contribution in [0.3, 0.4) is 0 Å². The highest BCUT2D eigenvalue weighted by atomic mass is 35.5. The van der Waals surface area contributed by atoms with Crippen LogP contribution in [0.2, 0.25) is 0 Å². The zero-order chi connectivity index (χ0) is 20.2. The topological polar surface area (TPSA) is 15.7 Å². The zero-order valence-electron chi connectivity index (χ0n) is 19.4. The fraction of sp³-hybridized carbons (Fsp3) is 0.778. The van der Waals surface area contributed by atoms with Crippen LogP contribution in [0.4, 0.5) is 5.69 Å². The molecule has 0 aromatic heterocycles. The molecular weight excluding hydrogens is 404 g/mol. The number of hydrogen-bond acceptors (Lipinski definition) is 3. The third-order valence-electron chi connectivity index (χ3n) is 8.91. The highest BCUT2D eigenvalue weighted by Gasteiger charge is 2.37. The van der Waals surface area contributed by atoms with Gasteiger partial charge in [-0.1, -0.05) is 37.5 Å². The largest absolute Gasteiger partial charge is 0.381 e. The Labute approximate surface area is 196 Å². The monoisotopic (exact) mass is 446 g/mol. The lowest BCUT2D eigenvalue weighted by Crippen LogP contribution is -2.48. The number of piperazine rings is 1. The SMILES string of the molecule is Cl.c1ccc(N2CCN(CC3CCOCC3)CC2)c(C2CCC3(CCCCC3)CC2)c1. The summed E-state index contributed by atoms with van der Waals surface area (Å²) in [6.07, 6.45) is 15.8. The van der Waals surface area contributed by atoms with E-state index in [0.29, 0.717) is 0 Å². The molecule has 5 rings (SSSR count). The van der Waals surface area contributed by atoms with Gasteiger partial charge in [-0.3, -0.25) is 4.90 Å². The first-order valence-electron chi connectivity index (χ1n) is 13.0. The molecular formula is C27H43ClN2O. The minimum atomic E-state index is 0. The van der Waals surface area contributed by atoms with Crippen molar-refractivity contribution in [2.45, 2.75) is 76.5 Å². The van der Waals surface area contributed by atoms with Crippen molar-refractivity contribution >= 4 is 18.1 Å². The molecule has 0 amide bonds. The third-order valence-corrected chi connectivity index (χ3v) is 8.91. The van der Waals surface area contributed by atoms with Gasteiger partial charge in [0.25, 0.3) is 0 Å². The molecule has 0 atom stereocenters. The van der Waals surface area contributed by atoms with Crippen molar-refractivity contribution in [1.29, 1.82) is 0 Å². The van der Waals surface area contributed by atoms with Gasteiger partial charge in [0.2, 0.25) is 0 Å². The lowest BCUT2D eigenvalue weighted by atomic mass is 9.62. The average molecular weight is 447 g/mol. The first-order valence-corrected chi connectivity index (χ1v) is 13.0. The van der Waals surface area contributed by atoms with Gasteiger partial charge in [-0.25, -0.2) is 0 Å². The minimum absolute atomic E-state index is 0. The molecule has 31 heavy (non-hydrogen) atoms. The molecule has 1 spiro atoms. The van der Waals surface area contributed by atoms with Crippen LogP contribution in [0.1, 0.15) is 82.1 Å². The van der Waals surface area contributed by atoms with E-state index in [0.717, 1.165) is 30.5 Å². The summed E-state index contributed by atoms with van der Waals surface area (Å²) in [4.78, 5) is 5.41. The molecule has 4 fully saturated rings. The van der Waals surface area contributed by atoms with E-state index >= 15 is 0 Å². The van der Waals surface area contributed by atoms with Crippen LogP contribution in [-0.4, -0.2) is 50.8 Å². The van der Waals surface area contributed by atoms with Gasteiger partial charge in [0.15, 0.2) is 0 Å². The molecule has 1 aromatic rings. The van der Waals surface area contributed by atoms with Gasteiger partial charge < -0.3 is 9.64 Å². The number of nitrogens with zero attached hydrogens (tertiary/aromatic N) is 2. The number of hydrogen-bond donors (Lipinski definition) is 0. The molecule has 0 unspecified atom stereocenters. The Kier molecular flexibility index (Phi) is 8.22. The number of halogens is 1. The normalized spacial score (nSPS) is 26.0. The van der Waals surface area contributed by atoms with Crippen LogP contribution in [0.25, 0.3) is 0 Å². The van der Waals surface area contributed by atoms with Crippen molar-refractivity contribution in [2.24, 2.45) is 11.3 Å². The van der Waals surface area contributed by atoms with Crippen LogP contribution >= 0.6 is 12.4 Å². The van der Waals surface area contributed by atoms with Gasteiger partial charge in [-0.05, 0) is 80.2 Å². The van der Waals surface area contributed by atoms with E-state index in [4.69, 9.17) is 4.74 Å². The summed E-state index contributed by atoms with van der Waals surface area (Å²) in [5, 5.41) is 0. The van der Waals surface area contributed by atoms with Crippen molar-refractivity contribution < 1.29 is 4.74 Å². The number of anilines is 1. The average Bonchev–Trinajstić information content (AvgIpc) is 2.82. The van der Waals surface area contributed by atoms with Crippen LogP contribution in [-0.2, 0) is 4.74 Å². The summed E-state index contributed by atoms with van der Waals surface area (Å²) in [5.74, 6) is 1.64. The van der Waals surface area contributed by atoms with Gasteiger partial charge in [0.05, 0.1) is 0 Å². The summed E-state index contributed by atoms with van der Waals surface area (Å²) in [5.41, 5.74) is 3.92. The summed E-state index contributed by atoms with van der Waals surface area (Å²) < 4.78 is 5.54. The molecule has 3 nitrogen and oxygen atoms in total. The molecule has 0 N–H and O–H groups in total. The molecule has 2 aliphatic carbocycles. The van der Waals surface area contributed by atoms with Crippen molar-refractivity contribution in [1.82, 2.24) is 4.90 Å². The lowest BCUT2D eigenvalue weighted by Gasteiger charge is -2.44. The standard InChI is InChI=1S/C27H42N2O.ClH/c1-4-12-27(13-5-1)14-8-24(9-15-27)25-6-2-3-7-26(25)29-18-16-28(17-19-29)22-23-10-20-30-21-11-23;/h2-3,6-7,23-24H,1,4-5,8-22H2;1H. The van der Waals surface area contributed by atoms with Crippen molar-refractivity contribution in [3.63, 3.8) is 0 Å². The predicted molar refractivity (Wildman–Crippen MR) is 133 cm³/mol. The van der Waals surface area contributed by atoms with Crippen molar-refractivity contribution in [2.75, 3.05) is 50.8 Å². The van der Waals surface area contributed by atoms with E-state index in [1.165, 1.54) is 103 Å². The van der Waals surface area contributed by atoms with Gasteiger partial charge in [0, 0.05) is 51.6 Å². The van der Waals surface area contributed by atoms with E-state index in [1.54, 1.807) is 11.3 Å². The number of rotatable bonds is 4. The van der Waals surface area contributed by atoms with E-state index in [2.05, 4.69) is 34.1 Å². The fourth-order valence-corrected chi connectivity index (χ4v) is 6.93. The Morgan fingerprint density at radius 1 is 0.806 bits per heavy atom. The molecule has 4 heteroatoms. The second-order valence-electron chi connectivity index (χ2n) is 10.7. The Balaban J connectivity index is 0.00000231. The first-order chi connectivity index (χ1) is 14.8. The van der Waals surface area contributed by atoms with Crippen LogP contribution in [0.5, 0.6) is 0 Å². The number of benzene rings is 1. The summed E-state index contributed by atoms with van der Waals surface area (Å²) in [6, 6.07) is 9.41. The molecule has 4 aliphatic rings. The summed E-state index contributed by atoms with van der Waals surface area (Å²) in [6.45, 7) is 8.05. The van der Waals surface area contributed by atoms with E-state index < -0.39 is 0 Å². The summed E-state index contributed by atoms with van der Waals surface area (Å²) in [7, 11) is 0. The molecule has 174 valence electrons. The van der Waals surface area contributed by atoms with Gasteiger partial charge >= 0.3 is 0 Å². The third kappa shape index (κ3) is 5.60. The van der Waals surface area contributed by atoms with Gasteiger partial charge in [-0.2, -0.15) is 0 Å². The molecule has 0 bridgehead atoms. The Morgan fingerprint density at radius 3 is 2.19 bits per heavy atom. The van der Waals surface area contributed by atoms with E-state index in [1.807, 2.05) is 0 Å². The maximum atomic E-state index is 5.54. The summed E-state index contributed by atoms with van der Waals surface area (Å²) >= 11 is 0. The van der Waals surface area contributed by atoms with Crippen LogP contribution in [0, 0.1) is 11.3 Å². The fourth-order valence-electron chi connectivity index (χ4n) is 6.93. The smallest absolute Gasteiger partial charge is 0.0469 e. The molecule has 2 saturated heterocycles. The first kappa shape index (κ1) is 23.4. The Hall–Kier alpha value is -0.770. The van der Waals surface area contributed by atoms with Crippen LogP contribution in [0.15, 0.2) is 24.3 Å². The Morgan fingerprint density at radius 2 is 1.48 bits per heavy atom. The molecule has 2 heterocycles. The molecule has 1 aromatic carbocycles. The highest BCUT2D eigenvalue weighted by Crippen LogP contribution is 2.51. The second-order valence-corrected chi connectivity index (χ2v) is 10.7. The van der Waals surface area contributed by atoms with E-state index in [9.17, 15) is 0 Å². The predicted octanol–water partition coefficient (Wildman–Crippen LogP) is 6.27. The van der Waals surface area contributed by atoms with Crippen LogP contribution < -0.4 is 4.90 Å². The maximum absolute atomic E-state index is 5.54.